The average molecular weight is 380 g/mol. The van der Waals surface area contributed by atoms with E-state index in [4.69, 9.17) is 0 Å². The third-order valence-electron chi connectivity index (χ3n) is 2.40. The molecule has 0 spiro atoms. The van der Waals surface area contributed by atoms with Gasteiger partial charge in [0.25, 0.3) is 0 Å². The molecule has 5 heteroatoms. The van der Waals surface area contributed by atoms with Crippen molar-refractivity contribution in [1.29, 1.82) is 0 Å². The fraction of sp³-hybridized carbons (Fsp3) is 0.167. The zero-order valence-electron chi connectivity index (χ0n) is 8.88. The molecule has 1 nitrogen and oxygen atoms in total. The second kappa shape index (κ2) is 5.18. The predicted molar refractivity (Wildman–Crippen MR) is 74.9 cm³/mol. The quantitative estimate of drug-likeness (QED) is 0.794. The lowest BCUT2D eigenvalue weighted by atomic mass is 10.1. The van der Waals surface area contributed by atoms with Crippen LogP contribution in [0.5, 0.6) is 0 Å². The minimum atomic E-state index is -0.810. The molecular formula is C12H9Br2FOS. The molecule has 17 heavy (non-hydrogen) atoms. The highest BCUT2D eigenvalue weighted by molar-refractivity contribution is 9.11. The molecule has 1 aromatic carbocycles. The van der Waals surface area contributed by atoms with Crippen LogP contribution in [-0.4, -0.2) is 5.11 Å². The van der Waals surface area contributed by atoms with Gasteiger partial charge in [-0.3, -0.25) is 0 Å². The molecule has 0 radical (unpaired) electrons. The summed E-state index contributed by atoms with van der Waals surface area (Å²) < 4.78 is 14.9. The highest BCUT2D eigenvalue weighted by Gasteiger charge is 2.17. The first-order valence-electron chi connectivity index (χ1n) is 4.88. The van der Waals surface area contributed by atoms with E-state index in [2.05, 4.69) is 31.9 Å². The van der Waals surface area contributed by atoms with Crippen LogP contribution in [0.15, 0.2) is 32.5 Å². The van der Waals surface area contributed by atoms with Gasteiger partial charge in [0.2, 0.25) is 0 Å². The summed E-state index contributed by atoms with van der Waals surface area (Å²) in [6, 6.07) is 6.20. The fourth-order valence-electron chi connectivity index (χ4n) is 1.50. The molecule has 0 saturated carbocycles. The van der Waals surface area contributed by atoms with Crippen LogP contribution in [0.25, 0.3) is 0 Å². The zero-order chi connectivity index (χ0) is 12.6. The van der Waals surface area contributed by atoms with Crippen LogP contribution < -0.4 is 0 Å². The van der Waals surface area contributed by atoms with Gasteiger partial charge in [-0.15, -0.1) is 11.3 Å². The van der Waals surface area contributed by atoms with Crippen molar-refractivity contribution in [3.05, 3.63) is 54.3 Å². The van der Waals surface area contributed by atoms with Crippen LogP contribution in [0.2, 0.25) is 0 Å². The Hall–Kier alpha value is -0.230. The van der Waals surface area contributed by atoms with E-state index in [1.165, 1.54) is 23.5 Å². The van der Waals surface area contributed by atoms with Gasteiger partial charge in [0, 0.05) is 14.9 Å². The van der Waals surface area contributed by atoms with Gasteiger partial charge in [0.1, 0.15) is 11.9 Å². The predicted octanol–water partition coefficient (Wildman–Crippen LogP) is 4.80. The third-order valence-corrected chi connectivity index (χ3v) is 5.31. The summed E-state index contributed by atoms with van der Waals surface area (Å²) in [5.74, 6) is -0.352. The molecule has 2 aromatic rings. The van der Waals surface area contributed by atoms with E-state index in [1.807, 2.05) is 13.0 Å². The molecule has 1 aromatic heterocycles. The van der Waals surface area contributed by atoms with Gasteiger partial charge in [0.05, 0.1) is 3.79 Å². The standard InChI is InChI=1S/C12H9Br2FOS/c1-6-4-10(17-12(6)14)11(16)8-5-7(15)2-3-9(8)13/h2-5,11,16H,1H3. The zero-order valence-corrected chi connectivity index (χ0v) is 12.9. The molecule has 0 fully saturated rings. The summed E-state index contributed by atoms with van der Waals surface area (Å²) in [6.07, 6.45) is -0.810. The molecule has 1 heterocycles. The number of hydrogen-bond acceptors (Lipinski definition) is 2. The maximum atomic E-state index is 13.2. The Bertz CT molecular complexity index is 534. The number of aliphatic hydroxyl groups is 1. The van der Waals surface area contributed by atoms with Crippen LogP contribution in [0.1, 0.15) is 22.1 Å². The van der Waals surface area contributed by atoms with E-state index in [-0.39, 0.29) is 5.82 Å². The Balaban J connectivity index is 2.42. The normalized spacial score (nSPS) is 12.8. The van der Waals surface area contributed by atoms with Gasteiger partial charge in [0.15, 0.2) is 0 Å². The number of halogens is 3. The van der Waals surface area contributed by atoms with Crippen LogP contribution in [-0.2, 0) is 0 Å². The molecule has 0 bridgehead atoms. The van der Waals surface area contributed by atoms with Gasteiger partial charge in [-0.2, -0.15) is 0 Å². The van der Waals surface area contributed by atoms with E-state index in [9.17, 15) is 9.50 Å². The molecule has 1 atom stereocenters. The van der Waals surface area contributed by atoms with E-state index in [0.717, 1.165) is 14.2 Å². The highest BCUT2D eigenvalue weighted by Crippen LogP contribution is 2.36. The van der Waals surface area contributed by atoms with Crippen LogP contribution in [0, 0.1) is 12.7 Å². The number of benzene rings is 1. The van der Waals surface area contributed by atoms with Crippen LogP contribution >= 0.6 is 43.2 Å². The molecule has 1 unspecified atom stereocenters. The number of aryl methyl sites for hydroxylation is 1. The lowest BCUT2D eigenvalue weighted by molar-refractivity contribution is 0.223. The minimum Gasteiger partial charge on any atom is -0.383 e. The van der Waals surface area contributed by atoms with Gasteiger partial charge in [-0.1, -0.05) is 15.9 Å². The lowest BCUT2D eigenvalue weighted by Gasteiger charge is -2.11. The van der Waals surface area contributed by atoms with Gasteiger partial charge in [-0.25, -0.2) is 4.39 Å². The molecule has 0 amide bonds. The minimum absolute atomic E-state index is 0.352. The molecule has 1 N–H and O–H groups in total. The summed E-state index contributed by atoms with van der Waals surface area (Å²) in [5.41, 5.74) is 1.61. The third kappa shape index (κ3) is 2.78. The van der Waals surface area contributed by atoms with Crippen molar-refractivity contribution in [2.24, 2.45) is 0 Å². The Morgan fingerprint density at radius 2 is 2.00 bits per heavy atom. The second-order valence-corrected chi connectivity index (χ2v) is 6.93. The molecule has 90 valence electrons. The smallest absolute Gasteiger partial charge is 0.123 e. The summed E-state index contributed by atoms with van der Waals surface area (Å²) in [7, 11) is 0. The lowest BCUT2D eigenvalue weighted by Crippen LogP contribution is -1.99. The number of thiophene rings is 1. The first kappa shape index (κ1) is 13.2. The summed E-state index contributed by atoms with van der Waals surface area (Å²) in [5, 5.41) is 10.2. The first-order chi connectivity index (χ1) is 7.99. The number of rotatable bonds is 2. The first-order valence-corrected chi connectivity index (χ1v) is 7.28. The number of hydrogen-bond donors (Lipinski definition) is 1. The van der Waals surface area contributed by atoms with Crippen molar-refractivity contribution in [2.45, 2.75) is 13.0 Å². The van der Waals surface area contributed by atoms with Crippen molar-refractivity contribution >= 4 is 43.2 Å². The average Bonchev–Trinajstić information content (AvgIpc) is 2.62. The largest absolute Gasteiger partial charge is 0.383 e. The van der Waals surface area contributed by atoms with Gasteiger partial charge >= 0.3 is 0 Å². The molecule has 0 saturated heterocycles. The van der Waals surface area contributed by atoms with E-state index < -0.39 is 6.10 Å². The Kier molecular flexibility index (Phi) is 4.02. The van der Waals surface area contributed by atoms with Crippen molar-refractivity contribution in [3.8, 4) is 0 Å². The number of aliphatic hydroxyl groups excluding tert-OH is 1. The Labute approximate surface area is 120 Å². The SMILES string of the molecule is Cc1cc(C(O)c2cc(F)ccc2Br)sc1Br. The van der Waals surface area contributed by atoms with E-state index >= 15 is 0 Å². The highest BCUT2D eigenvalue weighted by atomic mass is 79.9. The molecule has 0 aliphatic carbocycles. The van der Waals surface area contributed by atoms with E-state index in [1.54, 1.807) is 6.07 Å². The van der Waals surface area contributed by atoms with Crippen LogP contribution in [0.3, 0.4) is 0 Å². The maximum Gasteiger partial charge on any atom is 0.123 e. The van der Waals surface area contributed by atoms with Gasteiger partial charge < -0.3 is 5.11 Å². The van der Waals surface area contributed by atoms with Crippen molar-refractivity contribution in [3.63, 3.8) is 0 Å². The van der Waals surface area contributed by atoms with Gasteiger partial charge in [-0.05, 0) is 52.7 Å². The summed E-state index contributed by atoms with van der Waals surface area (Å²) in [4.78, 5) is 0.792. The second-order valence-electron chi connectivity index (χ2n) is 3.67. The molecule has 0 aliphatic rings. The van der Waals surface area contributed by atoms with Crippen LogP contribution in [0.4, 0.5) is 4.39 Å². The van der Waals surface area contributed by atoms with Crippen molar-refractivity contribution in [1.82, 2.24) is 0 Å². The summed E-state index contributed by atoms with van der Waals surface area (Å²) in [6.45, 7) is 1.96. The Morgan fingerprint density at radius 1 is 1.29 bits per heavy atom. The summed E-state index contributed by atoms with van der Waals surface area (Å²) >= 11 is 8.19. The Morgan fingerprint density at radius 3 is 2.59 bits per heavy atom. The van der Waals surface area contributed by atoms with Crippen molar-refractivity contribution < 1.29 is 9.50 Å². The molecule has 2 rings (SSSR count). The topological polar surface area (TPSA) is 20.2 Å². The maximum absolute atomic E-state index is 13.2. The van der Waals surface area contributed by atoms with Crippen molar-refractivity contribution in [2.75, 3.05) is 0 Å². The molecule has 0 aliphatic heterocycles. The molecular weight excluding hydrogens is 371 g/mol. The monoisotopic (exact) mass is 378 g/mol. The fourth-order valence-corrected chi connectivity index (χ4v) is 3.54. The van der Waals surface area contributed by atoms with E-state index in [0.29, 0.717) is 10.0 Å².